The molecule has 0 bridgehead atoms. The van der Waals surface area contributed by atoms with Crippen LogP contribution in [0.15, 0.2) is 12.4 Å². The van der Waals surface area contributed by atoms with E-state index < -0.39 is 0 Å². The van der Waals surface area contributed by atoms with Gasteiger partial charge in [0.15, 0.2) is 0 Å². The zero-order chi connectivity index (χ0) is 12.3. The lowest BCUT2D eigenvalue weighted by Crippen LogP contribution is -2.24. The Morgan fingerprint density at radius 3 is 3.06 bits per heavy atom. The molecule has 96 valence electrons. The molecule has 2 rings (SSSR count). The van der Waals surface area contributed by atoms with Gasteiger partial charge in [0.2, 0.25) is 0 Å². The smallest absolute Gasteiger partial charge is 0.0729 e. The zero-order valence-electron chi connectivity index (χ0n) is 10.9. The van der Waals surface area contributed by atoms with E-state index in [4.69, 9.17) is 4.74 Å². The maximum Gasteiger partial charge on any atom is 0.0729 e. The van der Waals surface area contributed by atoms with Gasteiger partial charge in [-0.05, 0) is 20.4 Å². The molecule has 1 aromatic heterocycles. The number of hydrogen-bond donors (Lipinski definition) is 1. The maximum absolute atomic E-state index is 5.03. The summed E-state index contributed by atoms with van der Waals surface area (Å²) in [5.41, 5.74) is 1.11. The molecule has 5 nitrogen and oxygen atoms in total. The average molecular weight is 238 g/mol. The molecule has 17 heavy (non-hydrogen) atoms. The molecular weight excluding hydrogens is 216 g/mol. The summed E-state index contributed by atoms with van der Waals surface area (Å²) in [5.74, 6) is 0. The van der Waals surface area contributed by atoms with E-state index in [2.05, 4.69) is 29.3 Å². The SMILES string of the molecule is COCCn1cc(NC2CC(C)N(C)C2)cn1. The molecular formula is C12H22N4O. The van der Waals surface area contributed by atoms with Gasteiger partial charge in [0.25, 0.3) is 0 Å². The van der Waals surface area contributed by atoms with E-state index in [0.717, 1.165) is 18.8 Å². The fraction of sp³-hybridized carbons (Fsp3) is 0.750. The van der Waals surface area contributed by atoms with Crippen molar-refractivity contribution in [3.63, 3.8) is 0 Å². The number of nitrogens with one attached hydrogen (secondary N) is 1. The Morgan fingerprint density at radius 1 is 1.59 bits per heavy atom. The second-order valence-electron chi connectivity index (χ2n) is 4.85. The highest BCUT2D eigenvalue weighted by Crippen LogP contribution is 2.19. The highest BCUT2D eigenvalue weighted by atomic mass is 16.5. The number of likely N-dealkylation sites (tertiary alicyclic amines) is 1. The van der Waals surface area contributed by atoms with Crippen molar-refractivity contribution in [3.8, 4) is 0 Å². The average Bonchev–Trinajstić information content (AvgIpc) is 2.85. The standard InChI is InChI=1S/C12H22N4O/c1-10-6-11(8-15(10)2)14-12-7-13-16(9-12)4-5-17-3/h7,9-11,14H,4-6,8H2,1-3H3. The molecule has 1 saturated heterocycles. The minimum atomic E-state index is 0.537. The first-order valence-electron chi connectivity index (χ1n) is 6.17. The van der Waals surface area contributed by atoms with Crippen molar-refractivity contribution in [2.45, 2.75) is 32.0 Å². The van der Waals surface area contributed by atoms with Gasteiger partial charge in [0, 0.05) is 31.9 Å². The molecule has 2 heterocycles. The molecule has 5 heteroatoms. The van der Waals surface area contributed by atoms with Gasteiger partial charge in [-0.2, -0.15) is 5.10 Å². The molecule has 1 aliphatic rings. The van der Waals surface area contributed by atoms with Crippen molar-refractivity contribution in [1.82, 2.24) is 14.7 Å². The fourth-order valence-electron chi connectivity index (χ4n) is 2.28. The van der Waals surface area contributed by atoms with E-state index in [-0.39, 0.29) is 0 Å². The lowest BCUT2D eigenvalue weighted by molar-refractivity contribution is 0.183. The lowest BCUT2D eigenvalue weighted by atomic mass is 10.2. The molecule has 0 spiro atoms. The topological polar surface area (TPSA) is 42.3 Å². The van der Waals surface area contributed by atoms with Crippen LogP contribution in [0.25, 0.3) is 0 Å². The second-order valence-corrected chi connectivity index (χ2v) is 4.85. The third-order valence-electron chi connectivity index (χ3n) is 3.41. The van der Waals surface area contributed by atoms with E-state index in [1.54, 1.807) is 7.11 Å². The van der Waals surface area contributed by atoms with Crippen LogP contribution in [0.2, 0.25) is 0 Å². The molecule has 0 saturated carbocycles. The number of aromatic nitrogens is 2. The highest BCUT2D eigenvalue weighted by Gasteiger charge is 2.25. The molecule has 0 aliphatic carbocycles. The Bertz CT molecular complexity index is 342. The Morgan fingerprint density at radius 2 is 2.41 bits per heavy atom. The summed E-state index contributed by atoms with van der Waals surface area (Å²) in [7, 11) is 3.88. The summed E-state index contributed by atoms with van der Waals surface area (Å²) in [6.07, 6.45) is 5.13. The zero-order valence-corrected chi connectivity index (χ0v) is 10.9. The summed E-state index contributed by atoms with van der Waals surface area (Å²) in [6, 6.07) is 1.20. The van der Waals surface area contributed by atoms with Gasteiger partial charge in [0.05, 0.1) is 25.0 Å². The number of anilines is 1. The molecule has 0 amide bonds. The molecule has 1 fully saturated rings. The Hall–Kier alpha value is -1.07. The summed E-state index contributed by atoms with van der Waals surface area (Å²) in [4.78, 5) is 2.38. The summed E-state index contributed by atoms with van der Waals surface area (Å²) < 4.78 is 6.94. The van der Waals surface area contributed by atoms with Crippen LogP contribution >= 0.6 is 0 Å². The van der Waals surface area contributed by atoms with Gasteiger partial charge in [-0.15, -0.1) is 0 Å². The maximum atomic E-state index is 5.03. The Labute approximate surface area is 103 Å². The van der Waals surface area contributed by atoms with Crippen LogP contribution in [0.1, 0.15) is 13.3 Å². The minimum Gasteiger partial charge on any atom is -0.383 e. The minimum absolute atomic E-state index is 0.537. The first-order valence-corrected chi connectivity index (χ1v) is 6.17. The first kappa shape index (κ1) is 12.4. The predicted octanol–water partition coefficient (Wildman–Crippen LogP) is 1.03. The van der Waals surface area contributed by atoms with E-state index >= 15 is 0 Å². The number of rotatable bonds is 5. The normalized spacial score (nSPS) is 25.4. The van der Waals surface area contributed by atoms with Crippen LogP contribution in [0.4, 0.5) is 5.69 Å². The van der Waals surface area contributed by atoms with Gasteiger partial charge in [-0.3, -0.25) is 4.68 Å². The van der Waals surface area contributed by atoms with Gasteiger partial charge in [-0.25, -0.2) is 0 Å². The fourth-order valence-corrected chi connectivity index (χ4v) is 2.28. The Kier molecular flexibility index (Phi) is 4.02. The van der Waals surface area contributed by atoms with Crippen molar-refractivity contribution in [3.05, 3.63) is 12.4 Å². The van der Waals surface area contributed by atoms with E-state index in [1.807, 2.05) is 17.1 Å². The van der Waals surface area contributed by atoms with Crippen LogP contribution in [-0.2, 0) is 11.3 Å². The molecule has 1 aromatic rings. The molecule has 2 unspecified atom stereocenters. The van der Waals surface area contributed by atoms with Crippen molar-refractivity contribution < 1.29 is 4.74 Å². The number of nitrogens with zero attached hydrogens (tertiary/aromatic N) is 3. The second kappa shape index (κ2) is 5.51. The number of methoxy groups -OCH3 is 1. The van der Waals surface area contributed by atoms with E-state index in [0.29, 0.717) is 18.7 Å². The molecule has 0 radical (unpaired) electrons. The summed E-state index contributed by atoms with van der Waals surface area (Å²) >= 11 is 0. The summed E-state index contributed by atoms with van der Waals surface area (Å²) in [6.45, 7) is 4.87. The van der Waals surface area contributed by atoms with Gasteiger partial charge < -0.3 is 15.0 Å². The van der Waals surface area contributed by atoms with E-state index in [1.165, 1.54) is 6.42 Å². The first-order chi connectivity index (χ1) is 8.19. The third kappa shape index (κ3) is 3.20. The molecule has 0 aromatic carbocycles. The van der Waals surface area contributed by atoms with Crippen molar-refractivity contribution in [2.75, 3.05) is 32.6 Å². The lowest BCUT2D eigenvalue weighted by Gasteiger charge is -2.13. The number of likely N-dealkylation sites (N-methyl/N-ethyl adjacent to an activating group) is 1. The van der Waals surface area contributed by atoms with Crippen LogP contribution in [0, 0.1) is 0 Å². The van der Waals surface area contributed by atoms with Crippen LogP contribution in [0.5, 0.6) is 0 Å². The largest absolute Gasteiger partial charge is 0.383 e. The van der Waals surface area contributed by atoms with Crippen molar-refractivity contribution >= 4 is 5.69 Å². The van der Waals surface area contributed by atoms with Gasteiger partial charge in [-0.1, -0.05) is 0 Å². The Balaban J connectivity index is 1.85. The van der Waals surface area contributed by atoms with Crippen LogP contribution < -0.4 is 5.32 Å². The quantitative estimate of drug-likeness (QED) is 0.832. The molecule has 1 aliphatic heterocycles. The molecule has 2 atom stereocenters. The predicted molar refractivity (Wildman–Crippen MR) is 68.2 cm³/mol. The highest BCUT2D eigenvalue weighted by molar-refractivity contribution is 5.39. The van der Waals surface area contributed by atoms with Crippen LogP contribution in [-0.4, -0.2) is 54.1 Å². The monoisotopic (exact) mass is 238 g/mol. The van der Waals surface area contributed by atoms with Crippen molar-refractivity contribution in [1.29, 1.82) is 0 Å². The van der Waals surface area contributed by atoms with Gasteiger partial charge >= 0.3 is 0 Å². The molecule has 1 N–H and O–H groups in total. The third-order valence-corrected chi connectivity index (χ3v) is 3.41. The van der Waals surface area contributed by atoms with Crippen molar-refractivity contribution in [2.24, 2.45) is 0 Å². The van der Waals surface area contributed by atoms with E-state index in [9.17, 15) is 0 Å². The van der Waals surface area contributed by atoms with Gasteiger partial charge in [0.1, 0.15) is 0 Å². The number of hydrogen-bond acceptors (Lipinski definition) is 4. The van der Waals surface area contributed by atoms with Crippen LogP contribution in [0.3, 0.4) is 0 Å². The summed E-state index contributed by atoms with van der Waals surface area (Å²) in [5, 5.41) is 7.83. The number of ether oxygens (including phenoxy) is 1.